The van der Waals surface area contributed by atoms with Crippen molar-refractivity contribution in [1.82, 2.24) is 14.8 Å². The molecule has 1 N–H and O–H groups in total. The van der Waals surface area contributed by atoms with Crippen LogP contribution in [-0.2, 0) is 6.54 Å². The van der Waals surface area contributed by atoms with Crippen LogP contribution in [0.1, 0.15) is 26.0 Å². The van der Waals surface area contributed by atoms with Crippen molar-refractivity contribution in [3.05, 3.63) is 24.0 Å². The van der Waals surface area contributed by atoms with Crippen molar-refractivity contribution < 1.29 is 5.11 Å². The Morgan fingerprint density at radius 2 is 2.00 bits per heavy atom. The molecule has 1 saturated heterocycles. The molecule has 1 aliphatic rings. The molecule has 4 nitrogen and oxygen atoms in total. The third-order valence-electron chi connectivity index (χ3n) is 3.82. The van der Waals surface area contributed by atoms with Gasteiger partial charge >= 0.3 is 0 Å². The minimum atomic E-state index is 0.236. The molecule has 18 heavy (non-hydrogen) atoms. The van der Waals surface area contributed by atoms with E-state index in [1.807, 2.05) is 6.07 Å². The van der Waals surface area contributed by atoms with E-state index in [-0.39, 0.29) is 5.75 Å². The summed E-state index contributed by atoms with van der Waals surface area (Å²) in [6.45, 7) is 9.93. The standard InChI is InChI=1S/C14H23N3O/c1-3-12(2)17-8-6-16(7-9-17)11-13-4-5-14(18)10-15-13/h4-5,10,12,18H,3,6-9,11H2,1-2H3. The molecule has 0 radical (unpaired) electrons. The highest BCUT2D eigenvalue weighted by molar-refractivity contribution is 5.17. The van der Waals surface area contributed by atoms with E-state index in [0.717, 1.165) is 38.4 Å². The minimum Gasteiger partial charge on any atom is -0.506 e. The molecule has 1 atom stereocenters. The Balaban J connectivity index is 1.81. The average molecular weight is 249 g/mol. The van der Waals surface area contributed by atoms with E-state index in [4.69, 9.17) is 0 Å². The van der Waals surface area contributed by atoms with Crippen molar-refractivity contribution in [1.29, 1.82) is 0 Å². The summed E-state index contributed by atoms with van der Waals surface area (Å²) in [7, 11) is 0. The zero-order valence-electron chi connectivity index (χ0n) is 11.3. The molecule has 0 bridgehead atoms. The highest BCUT2D eigenvalue weighted by Crippen LogP contribution is 2.12. The maximum absolute atomic E-state index is 9.20. The molecule has 1 aromatic rings. The number of piperazine rings is 1. The first-order valence-corrected chi connectivity index (χ1v) is 6.79. The molecule has 4 heteroatoms. The van der Waals surface area contributed by atoms with Crippen LogP contribution in [0.2, 0.25) is 0 Å². The number of hydrogen-bond donors (Lipinski definition) is 1. The van der Waals surface area contributed by atoms with Crippen LogP contribution in [0.15, 0.2) is 18.3 Å². The number of nitrogens with zero attached hydrogens (tertiary/aromatic N) is 3. The molecule has 1 aromatic heterocycles. The number of pyridine rings is 1. The van der Waals surface area contributed by atoms with Crippen molar-refractivity contribution in [3.8, 4) is 5.75 Å². The molecule has 1 fully saturated rings. The maximum atomic E-state index is 9.20. The second kappa shape index (κ2) is 6.16. The van der Waals surface area contributed by atoms with Gasteiger partial charge in [0.25, 0.3) is 0 Å². The van der Waals surface area contributed by atoms with Crippen molar-refractivity contribution in [2.45, 2.75) is 32.9 Å². The van der Waals surface area contributed by atoms with Gasteiger partial charge in [-0.25, -0.2) is 0 Å². The number of rotatable bonds is 4. The Hall–Kier alpha value is -1.13. The summed E-state index contributed by atoms with van der Waals surface area (Å²) < 4.78 is 0. The van der Waals surface area contributed by atoms with E-state index in [1.165, 1.54) is 12.6 Å². The summed E-state index contributed by atoms with van der Waals surface area (Å²) in [5.41, 5.74) is 1.03. The van der Waals surface area contributed by atoms with Crippen LogP contribution in [-0.4, -0.2) is 52.1 Å². The predicted octanol–water partition coefficient (Wildman–Crippen LogP) is 1.70. The maximum Gasteiger partial charge on any atom is 0.133 e. The molecular weight excluding hydrogens is 226 g/mol. The fraction of sp³-hybridized carbons (Fsp3) is 0.643. The first kappa shape index (κ1) is 13.3. The largest absolute Gasteiger partial charge is 0.506 e. The summed E-state index contributed by atoms with van der Waals surface area (Å²) in [6, 6.07) is 4.30. The molecule has 2 heterocycles. The first-order chi connectivity index (χ1) is 8.69. The Morgan fingerprint density at radius 1 is 1.28 bits per heavy atom. The second-order valence-corrected chi connectivity index (χ2v) is 5.08. The van der Waals surface area contributed by atoms with Gasteiger partial charge in [-0.15, -0.1) is 0 Å². The molecule has 0 aliphatic carbocycles. The average Bonchev–Trinajstić information content (AvgIpc) is 2.41. The highest BCUT2D eigenvalue weighted by Gasteiger charge is 2.20. The number of hydrogen-bond acceptors (Lipinski definition) is 4. The predicted molar refractivity (Wildman–Crippen MR) is 72.5 cm³/mol. The van der Waals surface area contributed by atoms with Crippen molar-refractivity contribution in [3.63, 3.8) is 0 Å². The molecule has 1 unspecified atom stereocenters. The van der Waals surface area contributed by atoms with Crippen molar-refractivity contribution in [2.24, 2.45) is 0 Å². The van der Waals surface area contributed by atoms with Crippen molar-refractivity contribution >= 4 is 0 Å². The van der Waals surface area contributed by atoms with Gasteiger partial charge in [0.15, 0.2) is 0 Å². The summed E-state index contributed by atoms with van der Waals surface area (Å²) >= 11 is 0. The Morgan fingerprint density at radius 3 is 2.56 bits per heavy atom. The fourth-order valence-corrected chi connectivity index (χ4v) is 2.36. The monoisotopic (exact) mass is 249 g/mol. The lowest BCUT2D eigenvalue weighted by Gasteiger charge is -2.37. The molecule has 1 aliphatic heterocycles. The van der Waals surface area contributed by atoms with Gasteiger partial charge in [0.05, 0.1) is 11.9 Å². The van der Waals surface area contributed by atoms with Crippen LogP contribution < -0.4 is 0 Å². The van der Waals surface area contributed by atoms with Crippen LogP contribution in [0.5, 0.6) is 5.75 Å². The topological polar surface area (TPSA) is 39.6 Å². The summed E-state index contributed by atoms with van der Waals surface area (Å²) in [5.74, 6) is 0.236. The van der Waals surface area contributed by atoms with Gasteiger partial charge in [0.2, 0.25) is 0 Å². The van der Waals surface area contributed by atoms with Crippen LogP contribution in [0.3, 0.4) is 0 Å². The van der Waals surface area contributed by atoms with Crippen LogP contribution >= 0.6 is 0 Å². The van der Waals surface area contributed by atoms with Gasteiger partial charge in [-0.1, -0.05) is 6.92 Å². The van der Waals surface area contributed by atoms with E-state index in [1.54, 1.807) is 6.07 Å². The third-order valence-corrected chi connectivity index (χ3v) is 3.82. The quantitative estimate of drug-likeness (QED) is 0.881. The second-order valence-electron chi connectivity index (χ2n) is 5.08. The molecule has 0 aromatic carbocycles. The van der Waals surface area contributed by atoms with Gasteiger partial charge in [-0.3, -0.25) is 14.8 Å². The Labute approximate surface area is 109 Å². The van der Waals surface area contributed by atoms with E-state index in [0.29, 0.717) is 6.04 Å². The minimum absolute atomic E-state index is 0.236. The van der Waals surface area contributed by atoms with E-state index >= 15 is 0 Å². The molecular formula is C14H23N3O. The van der Waals surface area contributed by atoms with Crippen LogP contribution in [0.25, 0.3) is 0 Å². The lowest BCUT2D eigenvalue weighted by molar-refractivity contribution is 0.0956. The fourth-order valence-electron chi connectivity index (χ4n) is 2.36. The molecule has 100 valence electrons. The lowest BCUT2D eigenvalue weighted by atomic mass is 10.2. The lowest BCUT2D eigenvalue weighted by Crippen LogP contribution is -2.49. The van der Waals surface area contributed by atoms with Gasteiger partial charge in [0.1, 0.15) is 5.75 Å². The third kappa shape index (κ3) is 3.43. The smallest absolute Gasteiger partial charge is 0.133 e. The molecule has 0 amide bonds. The van der Waals surface area contributed by atoms with E-state index in [2.05, 4.69) is 28.6 Å². The Bertz CT molecular complexity index is 358. The number of aromatic hydroxyl groups is 1. The SMILES string of the molecule is CCC(C)N1CCN(Cc2ccc(O)cn2)CC1. The summed E-state index contributed by atoms with van der Waals surface area (Å²) in [5, 5.41) is 9.20. The summed E-state index contributed by atoms with van der Waals surface area (Å²) in [6.07, 6.45) is 2.74. The van der Waals surface area contributed by atoms with Gasteiger partial charge < -0.3 is 5.11 Å². The van der Waals surface area contributed by atoms with E-state index in [9.17, 15) is 5.11 Å². The summed E-state index contributed by atoms with van der Waals surface area (Å²) in [4.78, 5) is 9.22. The highest BCUT2D eigenvalue weighted by atomic mass is 16.3. The van der Waals surface area contributed by atoms with Crippen molar-refractivity contribution in [2.75, 3.05) is 26.2 Å². The van der Waals surface area contributed by atoms with Gasteiger partial charge in [-0.2, -0.15) is 0 Å². The van der Waals surface area contributed by atoms with Crippen LogP contribution in [0, 0.1) is 0 Å². The zero-order valence-corrected chi connectivity index (χ0v) is 11.3. The molecule has 2 rings (SSSR count). The normalized spacial score (nSPS) is 19.9. The first-order valence-electron chi connectivity index (χ1n) is 6.79. The number of aromatic nitrogens is 1. The molecule has 0 spiro atoms. The van der Waals surface area contributed by atoms with E-state index < -0.39 is 0 Å². The Kier molecular flexibility index (Phi) is 4.55. The van der Waals surface area contributed by atoms with Gasteiger partial charge in [-0.05, 0) is 25.5 Å². The molecule has 0 saturated carbocycles. The van der Waals surface area contributed by atoms with Gasteiger partial charge in [0, 0.05) is 38.8 Å². The zero-order chi connectivity index (χ0) is 13.0. The van der Waals surface area contributed by atoms with Crippen LogP contribution in [0.4, 0.5) is 0 Å².